The Bertz CT molecular complexity index is 1890. The Balaban J connectivity index is 1.29. The fourth-order valence-corrected chi connectivity index (χ4v) is 10.6. The number of hydrogen-bond donors (Lipinski definition) is 12. The number of allylic oxidation sites excluding steroid dienone is 13. The number of aliphatic hydroxyl groups excluding tert-OH is 11. The third kappa shape index (κ3) is 31.1. The van der Waals surface area contributed by atoms with E-state index in [1.54, 1.807) is 6.08 Å². The van der Waals surface area contributed by atoms with E-state index in [9.17, 15) is 61.0 Å². The molecule has 3 rings (SSSR count). The first-order chi connectivity index (χ1) is 41.8. The van der Waals surface area contributed by atoms with E-state index in [-0.39, 0.29) is 18.9 Å². The van der Waals surface area contributed by atoms with E-state index in [1.807, 2.05) is 6.08 Å². The Labute approximate surface area is 514 Å². The maximum absolute atomic E-state index is 13.3. The highest BCUT2D eigenvalue weighted by Gasteiger charge is 2.53. The smallest absolute Gasteiger partial charge is 0.220 e. The molecule has 0 aliphatic carbocycles. The van der Waals surface area contributed by atoms with E-state index in [1.165, 1.54) is 83.5 Å². The molecular weight excluding hydrogens is 1110 g/mol. The lowest BCUT2D eigenvalue weighted by Gasteiger charge is -2.48. The van der Waals surface area contributed by atoms with Crippen LogP contribution in [0.3, 0.4) is 0 Å². The lowest BCUT2D eigenvalue weighted by atomic mass is 9.96. The number of rotatable bonds is 48. The van der Waals surface area contributed by atoms with E-state index in [0.29, 0.717) is 6.42 Å². The van der Waals surface area contributed by atoms with Crippen molar-refractivity contribution in [1.82, 2.24) is 5.32 Å². The maximum Gasteiger partial charge on any atom is 0.220 e. The highest BCUT2D eigenvalue weighted by molar-refractivity contribution is 5.76. The summed E-state index contributed by atoms with van der Waals surface area (Å²) in [5, 5.41) is 120. The molecule has 3 fully saturated rings. The van der Waals surface area contributed by atoms with Crippen molar-refractivity contribution in [1.29, 1.82) is 0 Å². The number of carbonyl (C=O) groups is 1. The third-order valence-electron chi connectivity index (χ3n) is 15.9. The summed E-state index contributed by atoms with van der Waals surface area (Å²) in [6, 6.07) is -0.972. The van der Waals surface area contributed by atoms with Crippen molar-refractivity contribution in [2.75, 3.05) is 26.4 Å². The predicted molar refractivity (Wildman–Crippen MR) is 332 cm³/mol. The van der Waals surface area contributed by atoms with Crippen LogP contribution in [0.1, 0.15) is 200 Å². The Morgan fingerprint density at radius 3 is 1.26 bits per heavy atom. The van der Waals surface area contributed by atoms with E-state index in [0.717, 1.165) is 89.9 Å². The SMILES string of the molecule is CC/C=C\C/C=C\C/C=C\C/C=C\C/C=C\C/C=C\CCCCCCCCCCCCCCCCCCC(=O)NC(COC1OC(CO)C(OC2OC(CO)C(OC3OC(CO)C(O)C(O)C3O)C(O)C2O)C(O)C1O)C(O)/C=C/CCCCCC. The minimum Gasteiger partial charge on any atom is -0.394 e. The van der Waals surface area contributed by atoms with Gasteiger partial charge in [0.1, 0.15) is 73.2 Å². The molecule has 86 heavy (non-hydrogen) atoms. The number of nitrogens with one attached hydrogen (secondary N) is 1. The summed E-state index contributed by atoms with van der Waals surface area (Å²) >= 11 is 0. The zero-order valence-electron chi connectivity index (χ0n) is 52.0. The number of unbranched alkanes of at least 4 members (excludes halogenated alkanes) is 20. The average Bonchev–Trinajstić information content (AvgIpc) is 2.46. The summed E-state index contributed by atoms with van der Waals surface area (Å²) in [5.74, 6) is -0.284. The number of aliphatic hydroxyl groups is 11. The largest absolute Gasteiger partial charge is 0.394 e. The standard InChI is InChI=1S/C67H115NO18/c1-3-5-7-9-11-12-13-14-15-16-17-18-19-20-21-22-23-24-25-26-27-28-29-30-31-32-33-34-35-36-37-38-39-41-43-45-55(73)68-50(51(72)44-42-40-10-8-6-4-2)49-81-65-61(79)58(76)63(53(47-70)83-65)86-67-62(80)59(77)64(54(48-71)84-67)85-66-60(78)57(75)56(74)52(46-69)82-66/h5,7,11-12,14-15,17-18,20-21,23-24,42,44,50-54,56-67,69-72,74-80H,3-4,6,8-10,13,16,19,22,25-41,43,45-49H2,1-2H3,(H,68,73)/b7-5-,12-11-,15-14-,18-17-,21-20-,24-23-,44-42+. The number of ether oxygens (including phenoxy) is 6. The van der Waals surface area contributed by atoms with Gasteiger partial charge in [-0.3, -0.25) is 4.79 Å². The van der Waals surface area contributed by atoms with Gasteiger partial charge in [-0.05, 0) is 70.6 Å². The molecule has 12 N–H and O–H groups in total. The van der Waals surface area contributed by atoms with Crippen LogP contribution in [0.4, 0.5) is 0 Å². The summed E-state index contributed by atoms with van der Waals surface area (Å²) in [5.41, 5.74) is 0. The van der Waals surface area contributed by atoms with E-state index < -0.39 is 124 Å². The average molecular weight is 1220 g/mol. The molecule has 3 saturated heterocycles. The Hall–Kier alpha value is -3.03. The van der Waals surface area contributed by atoms with Gasteiger partial charge in [-0.2, -0.15) is 0 Å². The second-order valence-electron chi connectivity index (χ2n) is 23.2. The lowest BCUT2D eigenvalue weighted by Crippen LogP contribution is -2.66. The fourth-order valence-electron chi connectivity index (χ4n) is 10.6. The normalized spacial score (nSPS) is 29.3. The Kier molecular flexibility index (Phi) is 43.8. The van der Waals surface area contributed by atoms with Crippen LogP contribution in [-0.4, -0.2) is 193 Å². The van der Waals surface area contributed by atoms with E-state index in [4.69, 9.17) is 28.4 Å². The summed E-state index contributed by atoms with van der Waals surface area (Å²) in [4.78, 5) is 13.3. The van der Waals surface area contributed by atoms with Gasteiger partial charge in [0.25, 0.3) is 0 Å². The summed E-state index contributed by atoms with van der Waals surface area (Å²) in [6.45, 7) is 1.50. The second kappa shape index (κ2) is 48.8. The van der Waals surface area contributed by atoms with Crippen LogP contribution < -0.4 is 5.32 Å². The van der Waals surface area contributed by atoms with Gasteiger partial charge in [0.15, 0.2) is 18.9 Å². The Morgan fingerprint density at radius 1 is 0.430 bits per heavy atom. The first-order valence-electron chi connectivity index (χ1n) is 32.8. The van der Waals surface area contributed by atoms with E-state index in [2.05, 4.69) is 92.1 Å². The highest BCUT2D eigenvalue weighted by atomic mass is 16.8. The quantitative estimate of drug-likeness (QED) is 0.0207. The highest BCUT2D eigenvalue weighted by Crippen LogP contribution is 2.33. The van der Waals surface area contributed by atoms with Gasteiger partial charge in [0, 0.05) is 6.42 Å². The Morgan fingerprint density at radius 2 is 0.802 bits per heavy atom. The molecule has 0 aromatic carbocycles. The van der Waals surface area contributed by atoms with Crippen molar-refractivity contribution >= 4 is 5.91 Å². The van der Waals surface area contributed by atoms with Crippen molar-refractivity contribution in [2.45, 2.75) is 304 Å². The zero-order valence-corrected chi connectivity index (χ0v) is 52.0. The van der Waals surface area contributed by atoms with Gasteiger partial charge < -0.3 is 89.9 Å². The minimum atomic E-state index is -1.98. The molecule has 0 spiro atoms. The third-order valence-corrected chi connectivity index (χ3v) is 15.9. The van der Waals surface area contributed by atoms with Crippen molar-refractivity contribution in [2.24, 2.45) is 0 Å². The van der Waals surface area contributed by atoms with Crippen LogP contribution in [0.2, 0.25) is 0 Å². The molecule has 0 aromatic heterocycles. The number of hydrogen-bond acceptors (Lipinski definition) is 18. The first-order valence-corrected chi connectivity index (χ1v) is 32.8. The van der Waals surface area contributed by atoms with Gasteiger partial charge in [-0.15, -0.1) is 0 Å². The molecule has 0 bridgehead atoms. The van der Waals surface area contributed by atoms with Crippen LogP contribution in [-0.2, 0) is 33.2 Å². The van der Waals surface area contributed by atoms with Crippen LogP contribution in [0, 0.1) is 0 Å². The second-order valence-corrected chi connectivity index (χ2v) is 23.2. The fraction of sp³-hybridized carbons (Fsp3) is 0.776. The summed E-state index contributed by atoms with van der Waals surface area (Å²) in [6.07, 6.45) is 35.0. The van der Waals surface area contributed by atoms with Crippen LogP contribution in [0.25, 0.3) is 0 Å². The van der Waals surface area contributed by atoms with Gasteiger partial charge in [-0.1, -0.05) is 208 Å². The molecule has 3 heterocycles. The zero-order chi connectivity index (χ0) is 62.6. The van der Waals surface area contributed by atoms with Crippen molar-refractivity contribution < 1.29 is 89.4 Å². The summed E-state index contributed by atoms with van der Waals surface area (Å²) in [7, 11) is 0. The van der Waals surface area contributed by atoms with Gasteiger partial charge in [0.2, 0.25) is 5.91 Å². The lowest BCUT2D eigenvalue weighted by molar-refractivity contribution is -0.379. The molecule has 0 aromatic rings. The molecule has 496 valence electrons. The minimum absolute atomic E-state index is 0.239. The molecule has 3 aliphatic heterocycles. The van der Waals surface area contributed by atoms with Crippen LogP contribution in [0.15, 0.2) is 85.1 Å². The maximum atomic E-state index is 13.3. The van der Waals surface area contributed by atoms with Crippen molar-refractivity contribution in [3.05, 3.63) is 85.1 Å². The molecule has 17 unspecified atom stereocenters. The predicted octanol–water partition coefficient (Wildman–Crippen LogP) is 7.54. The van der Waals surface area contributed by atoms with E-state index >= 15 is 0 Å². The van der Waals surface area contributed by atoms with Crippen LogP contribution >= 0.6 is 0 Å². The number of amides is 1. The van der Waals surface area contributed by atoms with Crippen molar-refractivity contribution in [3.63, 3.8) is 0 Å². The molecule has 1 amide bonds. The molecule has 3 aliphatic rings. The molecule has 17 atom stereocenters. The topological polar surface area (TPSA) is 307 Å². The molecule has 0 saturated carbocycles. The molecule has 19 nitrogen and oxygen atoms in total. The summed E-state index contributed by atoms with van der Waals surface area (Å²) < 4.78 is 34.1. The first kappa shape index (κ1) is 77.2. The van der Waals surface area contributed by atoms with Gasteiger partial charge >= 0.3 is 0 Å². The molecule has 19 heteroatoms. The van der Waals surface area contributed by atoms with Gasteiger partial charge in [-0.25, -0.2) is 0 Å². The van der Waals surface area contributed by atoms with Crippen LogP contribution in [0.5, 0.6) is 0 Å². The molecule has 0 radical (unpaired) electrons. The van der Waals surface area contributed by atoms with Gasteiger partial charge in [0.05, 0.1) is 38.6 Å². The number of carbonyl (C=O) groups excluding carboxylic acids is 1. The van der Waals surface area contributed by atoms with Crippen molar-refractivity contribution in [3.8, 4) is 0 Å². The molecular formula is C67H115NO18. The monoisotopic (exact) mass is 1220 g/mol.